The number of thiophene rings is 1. The lowest BCUT2D eigenvalue weighted by Gasteiger charge is -2.33. The lowest BCUT2D eigenvalue weighted by Crippen LogP contribution is -2.37. The van der Waals surface area contributed by atoms with E-state index in [0.717, 1.165) is 15.6 Å². The third kappa shape index (κ3) is 5.45. The number of alkyl halides is 3. The Balaban J connectivity index is 1.86. The number of nitriles is 1. The molecule has 194 valence electrons. The summed E-state index contributed by atoms with van der Waals surface area (Å²) in [5.41, 5.74) is -0.702. The number of amides is 1. The monoisotopic (exact) mass is 531 g/mol. The number of halogens is 4. The number of likely N-dealkylation sites (N-methyl/N-ethyl adjacent to an activating group) is 1. The second-order valence-corrected chi connectivity index (χ2v) is 10.1. The Morgan fingerprint density at radius 3 is 2.73 bits per heavy atom. The molecule has 0 radical (unpaired) electrons. The number of carbonyl (C=O) groups is 1. The normalized spacial score (nSPS) is 15.9. The largest absolute Gasteiger partial charge is 0.435 e. The van der Waals surface area contributed by atoms with Gasteiger partial charge in [-0.2, -0.15) is 23.5 Å². The van der Waals surface area contributed by atoms with E-state index < -0.39 is 23.6 Å². The van der Waals surface area contributed by atoms with Crippen molar-refractivity contribution in [3.05, 3.63) is 75.0 Å². The van der Waals surface area contributed by atoms with E-state index in [0.29, 0.717) is 22.5 Å². The quantitative estimate of drug-likeness (QED) is 0.322. The van der Waals surface area contributed by atoms with E-state index in [1.165, 1.54) is 29.7 Å². The molecule has 1 aliphatic rings. The second kappa shape index (κ2) is 10.5. The van der Waals surface area contributed by atoms with Crippen LogP contribution in [0.25, 0.3) is 11.1 Å². The number of nitrogens with zero attached hydrogens (tertiary/aromatic N) is 5. The molecule has 0 N–H and O–H groups in total. The van der Waals surface area contributed by atoms with Gasteiger partial charge in [0.15, 0.2) is 5.69 Å². The predicted octanol–water partition coefficient (Wildman–Crippen LogP) is 5.25. The van der Waals surface area contributed by atoms with Crippen LogP contribution < -0.4 is 0 Å². The van der Waals surface area contributed by atoms with Gasteiger partial charge in [-0.1, -0.05) is 18.2 Å². The Morgan fingerprint density at radius 1 is 1.32 bits per heavy atom. The van der Waals surface area contributed by atoms with E-state index in [9.17, 15) is 23.2 Å². The van der Waals surface area contributed by atoms with Gasteiger partial charge in [0, 0.05) is 53.8 Å². The van der Waals surface area contributed by atoms with Gasteiger partial charge in [0.2, 0.25) is 5.91 Å². The third-order valence-electron chi connectivity index (χ3n) is 6.15. The summed E-state index contributed by atoms with van der Waals surface area (Å²) in [6.07, 6.45) is -0.400. The first-order chi connectivity index (χ1) is 17.5. The number of carbonyl (C=O) groups excluding carboxylic acids is 1. The molecule has 6 nitrogen and oxygen atoms in total. The molecule has 2 aromatic heterocycles. The number of hydrogen-bond donors (Lipinski definition) is 0. The average molecular weight is 532 g/mol. The Kier molecular flexibility index (Phi) is 7.52. The molecule has 0 fully saturated rings. The van der Waals surface area contributed by atoms with E-state index in [4.69, 9.17) is 0 Å². The fourth-order valence-corrected chi connectivity index (χ4v) is 5.50. The predicted molar refractivity (Wildman–Crippen MR) is 132 cm³/mol. The van der Waals surface area contributed by atoms with Crippen LogP contribution in [0.2, 0.25) is 0 Å². The van der Waals surface area contributed by atoms with Crippen LogP contribution in [0, 0.1) is 17.1 Å². The van der Waals surface area contributed by atoms with Crippen molar-refractivity contribution in [1.82, 2.24) is 19.6 Å². The molecule has 0 saturated carbocycles. The highest BCUT2D eigenvalue weighted by molar-refractivity contribution is 7.12. The maximum Gasteiger partial charge on any atom is 0.435 e. The molecule has 1 aromatic carbocycles. The molecule has 1 unspecified atom stereocenters. The molecule has 1 aliphatic heterocycles. The molecule has 4 rings (SSSR count). The molecular weight excluding hydrogens is 506 g/mol. The first kappa shape index (κ1) is 26.6. The van der Waals surface area contributed by atoms with Gasteiger partial charge in [0.25, 0.3) is 0 Å². The van der Waals surface area contributed by atoms with Gasteiger partial charge in [0.05, 0.1) is 6.54 Å². The minimum Gasteiger partial charge on any atom is -0.333 e. The smallest absolute Gasteiger partial charge is 0.333 e. The SMILES string of the molecule is CCn1cc(-c2c(F)cccc2C2CN(C(=O)/C=C/CN(C)C)Cc3sc(C#N)cc32)c(C(F)(F)F)n1. The minimum absolute atomic E-state index is 0.124. The Labute approximate surface area is 216 Å². The molecule has 0 bridgehead atoms. The number of fused-ring (bicyclic) bond motifs is 1. The maximum absolute atomic E-state index is 15.4. The van der Waals surface area contributed by atoms with Gasteiger partial charge in [0.1, 0.15) is 16.8 Å². The van der Waals surface area contributed by atoms with E-state index in [-0.39, 0.29) is 36.7 Å². The van der Waals surface area contributed by atoms with E-state index in [2.05, 4.69) is 11.2 Å². The third-order valence-corrected chi connectivity index (χ3v) is 7.19. The molecule has 1 atom stereocenters. The fourth-order valence-electron chi connectivity index (χ4n) is 4.47. The molecule has 11 heteroatoms. The van der Waals surface area contributed by atoms with Gasteiger partial charge in [-0.15, -0.1) is 11.3 Å². The molecule has 1 amide bonds. The van der Waals surface area contributed by atoms with Crippen LogP contribution in [0.5, 0.6) is 0 Å². The first-order valence-electron chi connectivity index (χ1n) is 11.6. The summed E-state index contributed by atoms with van der Waals surface area (Å²) in [6, 6.07) is 7.93. The summed E-state index contributed by atoms with van der Waals surface area (Å²) >= 11 is 1.23. The topological polar surface area (TPSA) is 65.2 Å². The van der Waals surface area contributed by atoms with Crippen molar-refractivity contribution in [3.63, 3.8) is 0 Å². The van der Waals surface area contributed by atoms with Gasteiger partial charge < -0.3 is 9.80 Å². The van der Waals surface area contributed by atoms with Crippen LogP contribution >= 0.6 is 11.3 Å². The Bertz CT molecular complexity index is 1380. The highest BCUT2D eigenvalue weighted by Gasteiger charge is 2.40. The lowest BCUT2D eigenvalue weighted by atomic mass is 9.83. The average Bonchev–Trinajstić information content (AvgIpc) is 3.47. The summed E-state index contributed by atoms with van der Waals surface area (Å²) in [7, 11) is 3.74. The van der Waals surface area contributed by atoms with Gasteiger partial charge in [-0.3, -0.25) is 9.48 Å². The molecule has 3 heterocycles. The summed E-state index contributed by atoms with van der Waals surface area (Å²) in [5.74, 6) is -1.72. The molecule has 0 saturated heterocycles. The number of aromatic nitrogens is 2. The number of aryl methyl sites for hydroxylation is 1. The molecule has 3 aromatic rings. The van der Waals surface area contributed by atoms with Crippen LogP contribution in [0.4, 0.5) is 17.6 Å². The zero-order valence-corrected chi connectivity index (χ0v) is 21.3. The van der Waals surface area contributed by atoms with Crippen molar-refractivity contribution < 1.29 is 22.4 Å². The minimum atomic E-state index is -4.79. The molecule has 37 heavy (non-hydrogen) atoms. The van der Waals surface area contributed by atoms with Crippen LogP contribution in [0.1, 0.15) is 39.4 Å². The van der Waals surface area contributed by atoms with Crippen molar-refractivity contribution in [2.24, 2.45) is 0 Å². The zero-order chi connectivity index (χ0) is 26.9. The first-order valence-corrected chi connectivity index (χ1v) is 12.4. The second-order valence-electron chi connectivity index (χ2n) is 8.99. The summed E-state index contributed by atoms with van der Waals surface area (Å²) in [6.45, 7) is 2.77. The molecular formula is C26H25F4N5OS. The zero-order valence-electron chi connectivity index (χ0n) is 20.5. The maximum atomic E-state index is 15.4. The van der Waals surface area contributed by atoms with Crippen molar-refractivity contribution in [1.29, 1.82) is 5.26 Å². The van der Waals surface area contributed by atoms with E-state index >= 15 is 4.39 Å². The van der Waals surface area contributed by atoms with Crippen molar-refractivity contribution in [2.45, 2.75) is 32.1 Å². The van der Waals surface area contributed by atoms with Crippen LogP contribution in [0.3, 0.4) is 0 Å². The van der Waals surface area contributed by atoms with E-state index in [1.807, 2.05) is 19.0 Å². The highest BCUT2D eigenvalue weighted by atomic mass is 32.1. The van der Waals surface area contributed by atoms with Crippen LogP contribution in [-0.4, -0.2) is 52.7 Å². The Morgan fingerprint density at radius 2 is 2.08 bits per heavy atom. The van der Waals surface area contributed by atoms with Crippen molar-refractivity contribution in [2.75, 3.05) is 27.2 Å². The van der Waals surface area contributed by atoms with E-state index in [1.54, 1.807) is 30.0 Å². The van der Waals surface area contributed by atoms with Crippen LogP contribution in [-0.2, 0) is 24.1 Å². The number of benzene rings is 1. The molecule has 0 spiro atoms. The van der Waals surface area contributed by atoms with Gasteiger partial charge >= 0.3 is 6.18 Å². The molecule has 0 aliphatic carbocycles. The van der Waals surface area contributed by atoms with Gasteiger partial charge in [-0.05, 0) is 44.3 Å². The fraction of sp³-hybridized carbons (Fsp3) is 0.346. The van der Waals surface area contributed by atoms with Crippen LogP contribution in [0.15, 0.2) is 42.6 Å². The Hall–Kier alpha value is -3.49. The highest BCUT2D eigenvalue weighted by Crippen LogP contribution is 2.45. The summed E-state index contributed by atoms with van der Waals surface area (Å²) in [5, 5.41) is 13.2. The van der Waals surface area contributed by atoms with Crippen molar-refractivity contribution in [3.8, 4) is 17.2 Å². The lowest BCUT2D eigenvalue weighted by molar-refractivity contribution is -0.141. The standard InChI is InChI=1S/C26H25F4N5OS/c1-4-35-14-20(25(32-35)26(28,29)30)24-17(7-5-8-21(24)27)19-13-34(23(36)9-6-10-33(2)3)15-22-18(19)11-16(12-31)37-22/h5-9,11,14,19H,4,10,13,15H2,1-3H3/b9-6+. The summed E-state index contributed by atoms with van der Waals surface area (Å²) in [4.78, 5) is 17.7. The number of hydrogen-bond acceptors (Lipinski definition) is 5. The summed E-state index contributed by atoms with van der Waals surface area (Å²) < 4.78 is 58.3. The van der Waals surface area contributed by atoms with Gasteiger partial charge in [-0.25, -0.2) is 4.39 Å². The number of rotatable bonds is 6. The van der Waals surface area contributed by atoms with Crippen molar-refractivity contribution >= 4 is 17.2 Å².